The lowest BCUT2D eigenvalue weighted by atomic mass is 9.74. The fourth-order valence-electron chi connectivity index (χ4n) is 17.0. The lowest BCUT2D eigenvalue weighted by molar-refractivity contribution is -0.219. The average Bonchev–Trinajstić information content (AvgIpc) is 1.43. The van der Waals surface area contributed by atoms with E-state index in [0.29, 0.717) is 19.3 Å². The minimum atomic E-state index is -5.22. The summed E-state index contributed by atoms with van der Waals surface area (Å²) in [6, 6.07) is -11.5. The summed E-state index contributed by atoms with van der Waals surface area (Å²) in [5.74, 6) is -16.6. The topological polar surface area (TPSA) is 289 Å². The quantitative estimate of drug-likeness (QED) is 0.195. The molecule has 4 saturated heterocycles. The van der Waals surface area contributed by atoms with Gasteiger partial charge in [0.25, 0.3) is 0 Å². The number of amides is 12. The number of hydrogen-bond acceptors (Lipinski definition) is 14. The number of fused-ring (bicyclic) bond motifs is 3. The van der Waals surface area contributed by atoms with Gasteiger partial charge in [0.05, 0.1) is 44.7 Å². The normalized spacial score (nSPS) is 31.7. The zero-order valence-corrected chi connectivity index (χ0v) is 65.9. The number of hydrogen-bond donors (Lipinski definition) is 3. The van der Waals surface area contributed by atoms with Crippen LogP contribution in [0.4, 0.5) is 35.1 Å². The predicted octanol–water partition coefficient (Wildman–Crippen LogP) is 5.81. The average molecular weight is 1560 g/mol. The highest BCUT2D eigenvalue weighted by atomic mass is 19.4. The smallest absolute Gasteiger partial charge is 0.378 e. The van der Waals surface area contributed by atoms with E-state index in [1.54, 1.807) is 41.5 Å². The zero-order valence-electron chi connectivity index (χ0n) is 65.9. The van der Waals surface area contributed by atoms with Crippen molar-refractivity contribution >= 4 is 70.9 Å². The van der Waals surface area contributed by atoms with Crippen molar-refractivity contribution in [1.82, 2.24) is 60.0 Å². The number of alkyl halides is 8. The van der Waals surface area contributed by atoms with Crippen LogP contribution in [-0.2, 0) is 67.0 Å². The Balaban J connectivity index is 1.32. The Hall–Kier alpha value is -7.00. The molecule has 2 unspecified atom stereocenters. The van der Waals surface area contributed by atoms with Crippen molar-refractivity contribution in [2.75, 3.05) is 101 Å². The van der Waals surface area contributed by atoms with Crippen LogP contribution in [0.3, 0.4) is 0 Å². The number of morpholine rings is 1. The molecule has 7 aliphatic rings. The Morgan fingerprint density at radius 1 is 0.615 bits per heavy atom. The second-order valence-corrected chi connectivity index (χ2v) is 33.1. The summed E-state index contributed by atoms with van der Waals surface area (Å²) in [6.07, 6.45) is -18.4. The number of nitrogens with one attached hydrogen (secondary N) is 3. The standard InChI is InChI=1S/C75H118F8N12O14/c1-15-44(5)61-69(105)88(10)42-59(98)89(11)52-20-17-18-29-94(68(52)104)56(37-45-21-24-47(25-22-45)74(78,79)80)66(102)87(9)41-57(96)84-51(26-23-46-35-49(76)60(50(77)36-46)75(81,82)83)65(101)95-40-48(109-16-2)38-54(95)64(100)86-73(27-19-28-73)71(107)92(14)62(72(6,7)8)70(106)91(13)55(67(103)93-30-32-108-33-31-93)39-58(97)90(12)53(34-43(3)4)63(99)85-61/h43-56,60-62H,15-42H2,1-14H3,(H,84,96)(H,85,99)(H,86,100)/t44-,45?,46?,47?,48+,49?,50?,51-,52-,53-,54-,55-,56-,60?,61-,62+/m0/s1. The van der Waals surface area contributed by atoms with Crippen molar-refractivity contribution in [2.45, 2.75) is 262 Å². The van der Waals surface area contributed by atoms with Crippen LogP contribution in [-0.4, -0.2) is 301 Å². The van der Waals surface area contributed by atoms with E-state index in [0.717, 1.165) is 29.4 Å². The molecule has 26 nitrogen and oxygen atoms in total. The molecular weight excluding hydrogens is 1440 g/mol. The lowest BCUT2D eigenvalue weighted by Gasteiger charge is -2.48. The molecule has 4 heterocycles. The third kappa shape index (κ3) is 21.8. The number of rotatable bonds is 12. The highest BCUT2D eigenvalue weighted by Gasteiger charge is 2.57. The molecule has 12 atom stereocenters. The summed E-state index contributed by atoms with van der Waals surface area (Å²) in [7, 11) is 7.95. The minimum Gasteiger partial charge on any atom is -0.378 e. The molecule has 2 bridgehead atoms. The Morgan fingerprint density at radius 2 is 1.23 bits per heavy atom. The summed E-state index contributed by atoms with van der Waals surface area (Å²) in [5.41, 5.74) is -2.88. The maximum atomic E-state index is 15.6. The van der Waals surface area contributed by atoms with E-state index in [1.807, 2.05) is 13.8 Å². The number of carbonyl (C=O) groups is 12. The van der Waals surface area contributed by atoms with Crippen molar-refractivity contribution in [3.8, 4) is 0 Å². The first-order valence-corrected chi connectivity index (χ1v) is 38.8. The number of likely N-dealkylation sites (N-methyl/N-ethyl adjacent to an activating group) is 6. The van der Waals surface area contributed by atoms with Crippen molar-refractivity contribution < 1.29 is 102 Å². The molecule has 1 spiro atoms. The number of halogens is 8. The summed E-state index contributed by atoms with van der Waals surface area (Å²) in [6.45, 7) is 12.4. The Labute approximate surface area is 635 Å². The molecule has 7 fully saturated rings. The van der Waals surface area contributed by atoms with Crippen molar-refractivity contribution in [3.63, 3.8) is 0 Å². The van der Waals surface area contributed by atoms with Crippen molar-refractivity contribution in [3.05, 3.63) is 0 Å². The second-order valence-electron chi connectivity index (χ2n) is 33.1. The molecule has 3 aliphatic carbocycles. The number of nitrogens with zero attached hydrogens (tertiary/aromatic N) is 9. The largest absolute Gasteiger partial charge is 0.397 e. The van der Waals surface area contributed by atoms with Crippen molar-refractivity contribution in [2.24, 2.45) is 40.9 Å². The molecule has 0 radical (unpaired) electrons. The first-order chi connectivity index (χ1) is 50.9. The monoisotopic (exact) mass is 1560 g/mol. The zero-order chi connectivity index (χ0) is 81.3. The highest BCUT2D eigenvalue weighted by Crippen LogP contribution is 2.46. The molecule has 0 aromatic heterocycles. The molecular formula is C75H118F8N12O14. The van der Waals surface area contributed by atoms with Gasteiger partial charge in [0.2, 0.25) is 70.9 Å². The molecule has 7 rings (SSSR count). The summed E-state index contributed by atoms with van der Waals surface area (Å²) in [5, 5.41) is 8.38. The van der Waals surface area contributed by atoms with Crippen LogP contribution in [0.1, 0.15) is 177 Å². The Morgan fingerprint density at radius 3 is 1.78 bits per heavy atom. The van der Waals surface area contributed by atoms with Crippen LogP contribution in [0.25, 0.3) is 0 Å². The second kappa shape index (κ2) is 37.6. The molecule has 4 aliphatic heterocycles. The van der Waals surface area contributed by atoms with Crippen LogP contribution in [0.5, 0.6) is 0 Å². The fraction of sp³-hybridized carbons (Fsp3) is 0.840. The summed E-state index contributed by atoms with van der Waals surface area (Å²) in [4.78, 5) is 192. The Bertz CT molecular complexity index is 3220. The van der Waals surface area contributed by atoms with E-state index in [-0.39, 0.29) is 129 Å². The van der Waals surface area contributed by atoms with Gasteiger partial charge >= 0.3 is 12.4 Å². The first kappa shape index (κ1) is 89.2. The van der Waals surface area contributed by atoms with Gasteiger partial charge in [-0.2, -0.15) is 26.3 Å². The van der Waals surface area contributed by atoms with Gasteiger partial charge in [-0.05, 0) is 139 Å². The van der Waals surface area contributed by atoms with Gasteiger partial charge in [-0.15, -0.1) is 0 Å². The molecule has 109 heavy (non-hydrogen) atoms. The van der Waals surface area contributed by atoms with Gasteiger partial charge in [0.1, 0.15) is 72.1 Å². The van der Waals surface area contributed by atoms with E-state index in [4.69, 9.17) is 9.47 Å². The summed E-state index contributed by atoms with van der Waals surface area (Å²) >= 11 is 0. The maximum Gasteiger partial charge on any atom is 0.397 e. The molecule has 0 aromatic carbocycles. The Kier molecular flexibility index (Phi) is 30.7. The van der Waals surface area contributed by atoms with Crippen LogP contribution in [0, 0.1) is 40.9 Å². The first-order valence-electron chi connectivity index (χ1n) is 38.8. The highest BCUT2D eigenvalue weighted by molar-refractivity contribution is 6.01. The predicted molar refractivity (Wildman–Crippen MR) is 383 cm³/mol. The molecule has 618 valence electrons. The van der Waals surface area contributed by atoms with Crippen LogP contribution < -0.4 is 16.0 Å². The van der Waals surface area contributed by atoms with Crippen LogP contribution in [0.15, 0.2) is 0 Å². The van der Waals surface area contributed by atoms with Crippen LogP contribution in [0.2, 0.25) is 0 Å². The van der Waals surface area contributed by atoms with Gasteiger partial charge in [-0.25, -0.2) is 8.78 Å². The van der Waals surface area contributed by atoms with Gasteiger partial charge in [0, 0.05) is 81.5 Å². The third-order valence-corrected chi connectivity index (χ3v) is 23.8. The molecule has 3 N–H and O–H groups in total. The van der Waals surface area contributed by atoms with E-state index >= 15 is 42.3 Å². The van der Waals surface area contributed by atoms with Gasteiger partial charge in [0.15, 0.2) is 0 Å². The minimum absolute atomic E-state index is 0.00441. The van der Waals surface area contributed by atoms with Gasteiger partial charge < -0.3 is 69.5 Å². The summed E-state index contributed by atoms with van der Waals surface area (Å²) < 4.78 is 127. The van der Waals surface area contributed by atoms with Crippen LogP contribution >= 0.6 is 0 Å². The van der Waals surface area contributed by atoms with E-state index in [9.17, 15) is 50.3 Å². The lowest BCUT2D eigenvalue weighted by Crippen LogP contribution is -2.69. The van der Waals surface area contributed by atoms with E-state index in [2.05, 4.69) is 16.0 Å². The number of carbonyl (C=O) groups excluding carboxylic acids is 12. The number of ether oxygens (including phenoxy) is 2. The molecule has 12 amide bonds. The molecule has 34 heteroatoms. The van der Waals surface area contributed by atoms with Gasteiger partial charge in [-0.1, -0.05) is 54.9 Å². The fourth-order valence-corrected chi connectivity index (χ4v) is 17.0. The maximum absolute atomic E-state index is 15.6. The van der Waals surface area contributed by atoms with E-state index < -0.39 is 229 Å². The SMILES string of the molecule is CCO[C@@H]1C[C@H]2C(=O)NC3(CCC3)C(=O)N(C)[C@@H](C(C)(C)C)C(=O)N(C)[C@H](C(=O)N3CCOCC3)CC(=O)N(C)[C@@H](CC(C)C)C(=O)N[C@@H]([C@@H](C)CC)C(=O)N(C)CC(=O)N(C)[C@H]3CCCCN(C3=O)[C@@H](CC3CCC(C(F)(F)F)CC3)C(=O)N(C)CC(=O)N[C@@H](CCC3CC(F)C(C(F)(F)F)C(F)C3)C(=O)N2C1. The molecule has 3 saturated carbocycles. The van der Waals surface area contributed by atoms with Gasteiger partial charge in [-0.3, -0.25) is 57.5 Å². The van der Waals surface area contributed by atoms with E-state index in [1.165, 1.54) is 57.0 Å². The third-order valence-electron chi connectivity index (χ3n) is 23.8. The molecule has 0 aromatic rings. The van der Waals surface area contributed by atoms with Crippen molar-refractivity contribution in [1.29, 1.82) is 0 Å².